The molecule has 0 bridgehead atoms. The van der Waals surface area contributed by atoms with Crippen molar-refractivity contribution in [1.29, 1.82) is 0 Å². The molecule has 184 valence electrons. The van der Waals surface area contributed by atoms with E-state index in [1.54, 1.807) is 40.7 Å². The Bertz CT molecular complexity index is 1190. The van der Waals surface area contributed by atoms with Gasteiger partial charge in [-0.2, -0.15) is 4.98 Å². The number of anilines is 1. The Labute approximate surface area is 199 Å². The van der Waals surface area contributed by atoms with Crippen LogP contribution in [-0.2, 0) is 29.5 Å². The van der Waals surface area contributed by atoms with Crippen molar-refractivity contribution in [2.75, 3.05) is 18.5 Å². The fraction of sp³-hybridized carbons (Fsp3) is 0.417. The first kappa shape index (κ1) is 25.9. The number of aromatic nitrogens is 1. The van der Waals surface area contributed by atoms with Gasteiger partial charge in [-0.05, 0) is 64.8 Å². The molecule has 0 aliphatic rings. The molecule has 2 aromatic carbocycles. The van der Waals surface area contributed by atoms with E-state index < -0.39 is 19.5 Å². The van der Waals surface area contributed by atoms with Crippen LogP contribution in [0.3, 0.4) is 0 Å². The molecule has 3 aromatic rings. The first-order valence-corrected chi connectivity index (χ1v) is 12.5. The smallest absolute Gasteiger partial charge is 0.443 e. The molecule has 0 aliphatic heterocycles. The highest BCUT2D eigenvalue weighted by Crippen LogP contribution is 2.50. The SMILES string of the molecule is CCOP(=O)(OCC)OCc1cc(-c2cccc(C)c2)c2nc(NC(=O)OC(C)(C)C)oc2c1. The first-order chi connectivity index (χ1) is 16.0. The zero-order valence-electron chi connectivity index (χ0n) is 20.3. The van der Waals surface area contributed by atoms with Gasteiger partial charge in [-0.25, -0.2) is 14.7 Å². The number of hydrogen-bond acceptors (Lipinski definition) is 8. The third-order valence-corrected chi connectivity index (χ3v) is 6.05. The first-order valence-electron chi connectivity index (χ1n) is 11.1. The van der Waals surface area contributed by atoms with Gasteiger partial charge in [0.25, 0.3) is 0 Å². The molecule has 0 aliphatic carbocycles. The Hall–Kier alpha value is -2.71. The maximum Gasteiger partial charge on any atom is 0.475 e. The predicted molar refractivity (Wildman–Crippen MR) is 130 cm³/mol. The van der Waals surface area contributed by atoms with Crippen molar-refractivity contribution < 1.29 is 32.1 Å². The number of nitrogens with zero attached hydrogens (tertiary/aromatic N) is 1. The van der Waals surface area contributed by atoms with Crippen molar-refractivity contribution in [2.24, 2.45) is 0 Å². The number of oxazole rings is 1. The second-order valence-electron chi connectivity index (χ2n) is 8.56. The molecule has 9 nitrogen and oxygen atoms in total. The minimum absolute atomic E-state index is 0.00512. The van der Waals surface area contributed by atoms with E-state index in [2.05, 4.69) is 10.3 Å². The molecular weight excluding hydrogens is 459 g/mol. The highest BCUT2D eigenvalue weighted by Gasteiger charge is 2.26. The number of nitrogens with one attached hydrogen (secondary N) is 1. The van der Waals surface area contributed by atoms with E-state index in [1.165, 1.54) is 0 Å². The molecule has 3 rings (SSSR count). The Balaban J connectivity index is 1.99. The number of phosphoric acid groups is 1. The highest BCUT2D eigenvalue weighted by molar-refractivity contribution is 7.48. The number of carbonyl (C=O) groups excluding carboxylic acids is 1. The summed E-state index contributed by atoms with van der Waals surface area (Å²) < 4.78 is 39.8. The fourth-order valence-electron chi connectivity index (χ4n) is 3.23. The molecule has 0 spiro atoms. The van der Waals surface area contributed by atoms with Gasteiger partial charge in [0.1, 0.15) is 11.1 Å². The minimum Gasteiger partial charge on any atom is -0.443 e. The Morgan fingerprint density at radius 1 is 1.09 bits per heavy atom. The normalized spacial score (nSPS) is 12.2. The molecule has 0 saturated heterocycles. The monoisotopic (exact) mass is 490 g/mol. The van der Waals surface area contributed by atoms with Crippen LogP contribution in [0, 0.1) is 6.92 Å². The quantitative estimate of drug-likeness (QED) is 0.324. The number of ether oxygens (including phenoxy) is 1. The number of phosphoric ester groups is 1. The Kier molecular flexibility index (Phi) is 8.15. The van der Waals surface area contributed by atoms with Crippen LogP contribution in [0.15, 0.2) is 40.8 Å². The summed E-state index contributed by atoms with van der Waals surface area (Å²) in [5, 5.41) is 2.53. The zero-order chi connectivity index (χ0) is 24.9. The molecule has 1 amide bonds. The van der Waals surface area contributed by atoms with Gasteiger partial charge in [-0.3, -0.25) is 13.6 Å². The number of amides is 1. The number of carbonyl (C=O) groups is 1. The van der Waals surface area contributed by atoms with Crippen molar-refractivity contribution in [3.8, 4) is 11.1 Å². The lowest BCUT2D eigenvalue weighted by Crippen LogP contribution is -2.27. The van der Waals surface area contributed by atoms with Gasteiger partial charge in [0.05, 0.1) is 19.8 Å². The van der Waals surface area contributed by atoms with E-state index in [1.807, 2.05) is 37.3 Å². The summed E-state index contributed by atoms with van der Waals surface area (Å²) in [6.45, 7) is 11.1. The standard InChI is InChI=1S/C24H31N2O7P/c1-7-29-34(28,30-8-2)31-15-17-13-19(18-11-9-10-16(3)12-18)21-20(14-17)32-22(25-21)26-23(27)33-24(4,5)6/h9-14H,7-8,15H2,1-6H3,(H,25,26,27). The molecule has 1 N–H and O–H groups in total. The Morgan fingerprint density at radius 2 is 1.79 bits per heavy atom. The van der Waals surface area contributed by atoms with Crippen LogP contribution in [0.4, 0.5) is 10.8 Å². The molecule has 0 fully saturated rings. The average molecular weight is 490 g/mol. The summed E-state index contributed by atoms with van der Waals surface area (Å²) in [5.74, 6) is 0. The number of benzene rings is 2. The lowest BCUT2D eigenvalue weighted by Gasteiger charge is -2.18. The van der Waals surface area contributed by atoms with Crippen molar-refractivity contribution in [3.05, 3.63) is 47.5 Å². The zero-order valence-corrected chi connectivity index (χ0v) is 21.2. The van der Waals surface area contributed by atoms with Crippen LogP contribution < -0.4 is 5.32 Å². The van der Waals surface area contributed by atoms with E-state index in [0.717, 1.165) is 16.7 Å². The molecule has 0 saturated carbocycles. The van der Waals surface area contributed by atoms with Gasteiger partial charge >= 0.3 is 19.9 Å². The van der Waals surface area contributed by atoms with Crippen LogP contribution in [-0.4, -0.2) is 29.9 Å². The molecule has 34 heavy (non-hydrogen) atoms. The average Bonchev–Trinajstić information content (AvgIpc) is 3.12. The molecule has 0 unspecified atom stereocenters. The van der Waals surface area contributed by atoms with Crippen molar-refractivity contribution in [3.63, 3.8) is 0 Å². The summed E-state index contributed by atoms with van der Waals surface area (Å²) in [6, 6.07) is 11.5. The van der Waals surface area contributed by atoms with E-state index in [9.17, 15) is 9.36 Å². The van der Waals surface area contributed by atoms with Crippen LogP contribution in [0.25, 0.3) is 22.2 Å². The van der Waals surface area contributed by atoms with Crippen molar-refractivity contribution in [1.82, 2.24) is 4.98 Å². The van der Waals surface area contributed by atoms with Crippen molar-refractivity contribution in [2.45, 2.75) is 53.8 Å². The summed E-state index contributed by atoms with van der Waals surface area (Å²) in [6.07, 6.45) is -0.672. The third kappa shape index (κ3) is 6.90. The summed E-state index contributed by atoms with van der Waals surface area (Å²) in [7, 11) is -3.69. The minimum atomic E-state index is -3.69. The summed E-state index contributed by atoms with van der Waals surface area (Å²) in [4.78, 5) is 16.7. The number of hydrogen-bond donors (Lipinski definition) is 1. The number of fused-ring (bicyclic) bond motifs is 1. The van der Waals surface area contributed by atoms with Gasteiger partial charge in [0, 0.05) is 5.56 Å². The number of rotatable bonds is 9. The Morgan fingerprint density at radius 3 is 2.41 bits per heavy atom. The summed E-state index contributed by atoms with van der Waals surface area (Å²) in [5.41, 5.74) is 3.72. The largest absolute Gasteiger partial charge is 0.475 e. The van der Waals surface area contributed by atoms with Gasteiger partial charge in [0.2, 0.25) is 0 Å². The van der Waals surface area contributed by atoms with Crippen molar-refractivity contribution >= 4 is 31.0 Å². The molecule has 10 heteroatoms. The second kappa shape index (κ2) is 10.7. The van der Waals surface area contributed by atoms with Crippen LogP contribution in [0.2, 0.25) is 0 Å². The van der Waals surface area contributed by atoms with Crippen LogP contribution in [0.1, 0.15) is 45.7 Å². The van der Waals surface area contributed by atoms with Gasteiger partial charge in [0.15, 0.2) is 5.58 Å². The van der Waals surface area contributed by atoms with Crippen LogP contribution in [0.5, 0.6) is 0 Å². The van der Waals surface area contributed by atoms with E-state index in [-0.39, 0.29) is 25.8 Å². The van der Waals surface area contributed by atoms with E-state index in [0.29, 0.717) is 16.7 Å². The lowest BCUT2D eigenvalue weighted by molar-refractivity contribution is 0.0632. The molecular formula is C24H31N2O7P. The van der Waals surface area contributed by atoms with Crippen LogP contribution >= 0.6 is 7.82 Å². The predicted octanol–water partition coefficient (Wildman–Crippen LogP) is 6.85. The third-order valence-electron chi connectivity index (χ3n) is 4.46. The van der Waals surface area contributed by atoms with E-state index >= 15 is 0 Å². The maximum atomic E-state index is 12.7. The highest BCUT2D eigenvalue weighted by atomic mass is 31.2. The van der Waals surface area contributed by atoms with Gasteiger partial charge in [-0.15, -0.1) is 0 Å². The topological polar surface area (TPSA) is 109 Å². The van der Waals surface area contributed by atoms with Gasteiger partial charge < -0.3 is 9.15 Å². The lowest BCUT2D eigenvalue weighted by atomic mass is 10.00. The molecule has 0 radical (unpaired) electrons. The molecule has 0 atom stereocenters. The maximum absolute atomic E-state index is 12.7. The van der Waals surface area contributed by atoms with Gasteiger partial charge in [-0.1, -0.05) is 29.8 Å². The summed E-state index contributed by atoms with van der Waals surface area (Å²) >= 11 is 0. The molecule has 1 aromatic heterocycles. The van der Waals surface area contributed by atoms with E-state index in [4.69, 9.17) is 22.7 Å². The molecule has 1 heterocycles. The number of aryl methyl sites for hydroxylation is 1. The fourth-order valence-corrected chi connectivity index (χ4v) is 4.39. The second-order valence-corrected chi connectivity index (χ2v) is 10.2.